The fraction of sp³-hybridized carbons (Fsp3) is 0.111. The van der Waals surface area contributed by atoms with Crippen molar-refractivity contribution in [3.05, 3.63) is 71.8 Å². The Hall–Kier alpha value is -2.88. The summed E-state index contributed by atoms with van der Waals surface area (Å²) < 4.78 is 5.03. The molecular formula is C18H17NO3. The van der Waals surface area contributed by atoms with Crippen molar-refractivity contribution in [2.45, 2.75) is 13.5 Å². The van der Waals surface area contributed by atoms with Crippen LogP contribution in [0.1, 0.15) is 28.4 Å². The number of esters is 1. The zero-order valence-corrected chi connectivity index (χ0v) is 12.3. The molecule has 0 atom stereocenters. The van der Waals surface area contributed by atoms with Crippen LogP contribution in [-0.2, 0) is 16.1 Å². The van der Waals surface area contributed by atoms with Gasteiger partial charge >= 0.3 is 5.97 Å². The quantitative estimate of drug-likeness (QED) is 0.398. The van der Waals surface area contributed by atoms with Crippen molar-refractivity contribution in [1.29, 1.82) is 0 Å². The minimum absolute atomic E-state index is 0.0566. The number of hydrogen-bond donors (Lipinski definition) is 1. The number of ether oxygens (including phenoxy) is 1. The molecular weight excluding hydrogens is 278 g/mol. The summed E-state index contributed by atoms with van der Waals surface area (Å²) in [6, 6.07) is 13.9. The molecule has 2 rings (SSSR count). The third-order valence-corrected chi connectivity index (χ3v) is 3.11. The molecule has 112 valence electrons. The Kier molecular flexibility index (Phi) is 4.73. The summed E-state index contributed by atoms with van der Waals surface area (Å²) in [6.07, 6.45) is 0. The standard InChI is InChI=1S/C18H17NO3/c1-12(2)14-8-15(10-16(19)9-14)17(20)18(21)22-11-13-6-4-3-5-7-13/h3-10H,1,11,19H2,2H3. The third kappa shape index (κ3) is 3.82. The van der Waals surface area contributed by atoms with Crippen LogP contribution in [0.25, 0.3) is 5.57 Å². The van der Waals surface area contributed by atoms with E-state index in [9.17, 15) is 9.59 Å². The van der Waals surface area contributed by atoms with Gasteiger partial charge in [-0.15, -0.1) is 0 Å². The number of anilines is 1. The van der Waals surface area contributed by atoms with E-state index in [0.717, 1.165) is 16.7 Å². The SMILES string of the molecule is C=C(C)c1cc(N)cc(C(=O)C(=O)OCc2ccccc2)c1. The maximum atomic E-state index is 12.1. The topological polar surface area (TPSA) is 69.4 Å². The maximum Gasteiger partial charge on any atom is 0.380 e. The minimum Gasteiger partial charge on any atom is -0.455 e. The van der Waals surface area contributed by atoms with Crippen molar-refractivity contribution >= 4 is 23.0 Å². The molecule has 0 heterocycles. The van der Waals surface area contributed by atoms with Crippen molar-refractivity contribution in [3.63, 3.8) is 0 Å². The molecule has 4 nitrogen and oxygen atoms in total. The number of rotatable bonds is 5. The van der Waals surface area contributed by atoms with Crippen molar-refractivity contribution in [3.8, 4) is 0 Å². The number of ketones is 1. The molecule has 4 heteroatoms. The molecule has 0 aromatic heterocycles. The van der Waals surface area contributed by atoms with E-state index in [2.05, 4.69) is 6.58 Å². The van der Waals surface area contributed by atoms with E-state index in [1.165, 1.54) is 6.07 Å². The molecule has 0 radical (unpaired) electrons. The number of allylic oxidation sites excluding steroid dienone is 1. The van der Waals surface area contributed by atoms with Gasteiger partial charge in [-0.05, 0) is 36.2 Å². The van der Waals surface area contributed by atoms with E-state index in [4.69, 9.17) is 10.5 Å². The minimum atomic E-state index is -0.901. The molecule has 0 amide bonds. The Balaban J connectivity index is 2.10. The summed E-state index contributed by atoms with van der Waals surface area (Å²) in [4.78, 5) is 24.0. The van der Waals surface area contributed by atoms with Gasteiger partial charge in [0.15, 0.2) is 0 Å². The normalized spacial score (nSPS) is 10.0. The van der Waals surface area contributed by atoms with E-state index in [-0.39, 0.29) is 12.2 Å². The highest BCUT2D eigenvalue weighted by Crippen LogP contribution is 2.19. The first-order valence-electron chi connectivity index (χ1n) is 6.79. The maximum absolute atomic E-state index is 12.1. The number of carbonyl (C=O) groups excluding carboxylic acids is 2. The van der Waals surface area contributed by atoms with Crippen molar-refractivity contribution < 1.29 is 14.3 Å². The van der Waals surface area contributed by atoms with Gasteiger partial charge in [-0.2, -0.15) is 0 Å². The Labute approximate surface area is 129 Å². The highest BCUT2D eigenvalue weighted by molar-refractivity contribution is 6.40. The largest absolute Gasteiger partial charge is 0.455 e. The monoisotopic (exact) mass is 295 g/mol. The van der Waals surface area contributed by atoms with E-state index in [1.807, 2.05) is 30.3 Å². The molecule has 22 heavy (non-hydrogen) atoms. The number of nitrogen functional groups attached to an aromatic ring is 1. The van der Waals surface area contributed by atoms with Gasteiger partial charge in [0.2, 0.25) is 0 Å². The van der Waals surface area contributed by atoms with Gasteiger partial charge in [0.05, 0.1) is 0 Å². The molecule has 0 bridgehead atoms. The van der Waals surface area contributed by atoms with Crippen LogP contribution in [0.2, 0.25) is 0 Å². The summed E-state index contributed by atoms with van der Waals surface area (Å²) in [6.45, 7) is 5.66. The summed E-state index contributed by atoms with van der Waals surface area (Å²) >= 11 is 0. The Morgan fingerprint density at radius 3 is 2.36 bits per heavy atom. The smallest absolute Gasteiger partial charge is 0.380 e. The highest BCUT2D eigenvalue weighted by atomic mass is 16.5. The lowest BCUT2D eigenvalue weighted by atomic mass is 10.0. The Morgan fingerprint density at radius 2 is 1.73 bits per heavy atom. The Bertz CT molecular complexity index is 720. The summed E-state index contributed by atoms with van der Waals surface area (Å²) in [5.41, 5.74) is 8.66. The van der Waals surface area contributed by atoms with E-state index in [1.54, 1.807) is 19.1 Å². The van der Waals surface area contributed by atoms with Gasteiger partial charge in [0.25, 0.3) is 5.78 Å². The second-order valence-electron chi connectivity index (χ2n) is 5.01. The molecule has 0 unspecified atom stereocenters. The molecule has 0 spiro atoms. The van der Waals surface area contributed by atoms with E-state index >= 15 is 0 Å². The van der Waals surface area contributed by atoms with Crippen molar-refractivity contribution in [2.24, 2.45) is 0 Å². The van der Waals surface area contributed by atoms with Crippen LogP contribution in [0.3, 0.4) is 0 Å². The molecule has 2 aromatic rings. The number of benzene rings is 2. The van der Waals surface area contributed by atoms with E-state index in [0.29, 0.717) is 5.69 Å². The molecule has 0 fully saturated rings. The van der Waals surface area contributed by atoms with Crippen LogP contribution < -0.4 is 5.73 Å². The lowest BCUT2D eigenvalue weighted by Crippen LogP contribution is -2.18. The zero-order valence-electron chi connectivity index (χ0n) is 12.3. The highest BCUT2D eigenvalue weighted by Gasteiger charge is 2.19. The predicted octanol–water partition coefficient (Wildman–Crippen LogP) is 3.23. The van der Waals surface area contributed by atoms with Gasteiger partial charge in [-0.25, -0.2) is 4.79 Å². The van der Waals surface area contributed by atoms with Gasteiger partial charge in [-0.1, -0.05) is 42.5 Å². The van der Waals surface area contributed by atoms with Crippen LogP contribution in [0.4, 0.5) is 5.69 Å². The molecule has 0 saturated carbocycles. The average molecular weight is 295 g/mol. The molecule has 2 aromatic carbocycles. The zero-order chi connectivity index (χ0) is 16.1. The average Bonchev–Trinajstić information content (AvgIpc) is 2.52. The summed E-state index contributed by atoms with van der Waals surface area (Å²) in [7, 11) is 0. The summed E-state index contributed by atoms with van der Waals surface area (Å²) in [5, 5.41) is 0. The first-order chi connectivity index (χ1) is 10.5. The van der Waals surface area contributed by atoms with Gasteiger partial charge in [-0.3, -0.25) is 4.79 Å². The van der Waals surface area contributed by atoms with Crippen LogP contribution in [0, 0.1) is 0 Å². The van der Waals surface area contributed by atoms with Gasteiger partial charge in [0.1, 0.15) is 6.61 Å². The van der Waals surface area contributed by atoms with Gasteiger partial charge < -0.3 is 10.5 Å². The van der Waals surface area contributed by atoms with E-state index < -0.39 is 11.8 Å². The molecule has 0 aliphatic rings. The van der Waals surface area contributed by atoms with Crippen LogP contribution in [0.5, 0.6) is 0 Å². The van der Waals surface area contributed by atoms with Gasteiger partial charge in [0, 0.05) is 11.3 Å². The molecule has 0 aliphatic carbocycles. The van der Waals surface area contributed by atoms with Crippen LogP contribution >= 0.6 is 0 Å². The second kappa shape index (κ2) is 6.72. The molecule has 0 aliphatic heterocycles. The van der Waals surface area contributed by atoms with Crippen molar-refractivity contribution in [2.75, 3.05) is 5.73 Å². The molecule has 0 saturated heterocycles. The van der Waals surface area contributed by atoms with Crippen molar-refractivity contribution in [1.82, 2.24) is 0 Å². The fourth-order valence-electron chi connectivity index (χ4n) is 1.94. The lowest BCUT2D eigenvalue weighted by Gasteiger charge is -2.07. The number of nitrogens with two attached hydrogens (primary N) is 1. The van der Waals surface area contributed by atoms with Crippen LogP contribution in [-0.4, -0.2) is 11.8 Å². The van der Waals surface area contributed by atoms with Crippen LogP contribution in [0.15, 0.2) is 55.1 Å². The predicted molar refractivity (Wildman–Crippen MR) is 86.1 cm³/mol. The lowest BCUT2D eigenvalue weighted by molar-refractivity contribution is -0.139. The number of carbonyl (C=O) groups is 2. The Morgan fingerprint density at radius 1 is 1.09 bits per heavy atom. The number of hydrogen-bond acceptors (Lipinski definition) is 4. The third-order valence-electron chi connectivity index (χ3n) is 3.11. The fourth-order valence-corrected chi connectivity index (χ4v) is 1.94. The summed E-state index contributed by atoms with van der Waals surface area (Å²) in [5.74, 6) is -1.62. The first-order valence-corrected chi connectivity index (χ1v) is 6.79. The molecule has 2 N–H and O–H groups in total. The first kappa shape index (κ1) is 15.5. The second-order valence-corrected chi connectivity index (χ2v) is 5.01. The number of Topliss-reactive ketones (excluding diaryl/α,β-unsaturated/α-hetero) is 1.